The quantitative estimate of drug-likeness (QED) is 0.815. The number of carbonyl (C=O) groups is 1. The Balaban J connectivity index is 1.73. The van der Waals surface area contributed by atoms with Gasteiger partial charge in [-0.25, -0.2) is 0 Å². The summed E-state index contributed by atoms with van der Waals surface area (Å²) in [5, 5.41) is 3.18. The van der Waals surface area contributed by atoms with E-state index in [-0.39, 0.29) is 11.3 Å². The molecule has 0 spiro atoms. The molecule has 1 aliphatic heterocycles. The van der Waals surface area contributed by atoms with E-state index in [1.807, 2.05) is 0 Å². The van der Waals surface area contributed by atoms with Gasteiger partial charge in [-0.2, -0.15) is 0 Å². The van der Waals surface area contributed by atoms with Crippen LogP contribution in [-0.4, -0.2) is 44.0 Å². The number of nitrogens with one attached hydrogen (secondary N) is 1. The minimum Gasteiger partial charge on any atom is -0.356 e. The number of rotatable bonds is 5. The summed E-state index contributed by atoms with van der Waals surface area (Å²) >= 11 is 0. The summed E-state index contributed by atoms with van der Waals surface area (Å²) in [4.78, 5) is 14.9. The lowest BCUT2D eigenvalue weighted by atomic mass is 9.70. The van der Waals surface area contributed by atoms with Crippen LogP contribution in [0.2, 0.25) is 0 Å². The summed E-state index contributed by atoms with van der Waals surface area (Å²) in [6.07, 6.45) is 7.86. The van der Waals surface area contributed by atoms with Crippen molar-refractivity contribution < 1.29 is 4.79 Å². The van der Waals surface area contributed by atoms with Crippen molar-refractivity contribution in [3.63, 3.8) is 0 Å². The summed E-state index contributed by atoms with van der Waals surface area (Å²) < 4.78 is 0. The van der Waals surface area contributed by atoms with Crippen molar-refractivity contribution in [2.24, 2.45) is 23.0 Å². The Morgan fingerprint density at radius 1 is 1.24 bits per heavy atom. The molecule has 1 saturated carbocycles. The van der Waals surface area contributed by atoms with Gasteiger partial charge >= 0.3 is 0 Å². The van der Waals surface area contributed by atoms with E-state index in [0.717, 1.165) is 50.5 Å². The molecule has 1 saturated heterocycles. The Morgan fingerprint density at radius 3 is 2.43 bits per heavy atom. The maximum atomic E-state index is 12.6. The second-order valence-electron chi connectivity index (χ2n) is 7.46. The van der Waals surface area contributed by atoms with Crippen LogP contribution in [0.3, 0.4) is 0 Å². The molecular weight excluding hydrogens is 262 g/mol. The summed E-state index contributed by atoms with van der Waals surface area (Å²) in [5.41, 5.74) is 5.67. The second-order valence-corrected chi connectivity index (χ2v) is 7.46. The zero-order chi connectivity index (χ0) is 15.3. The molecule has 0 atom stereocenters. The third-order valence-corrected chi connectivity index (χ3v) is 5.78. The van der Waals surface area contributed by atoms with Crippen LogP contribution in [0.5, 0.6) is 0 Å². The van der Waals surface area contributed by atoms with Gasteiger partial charge in [0.05, 0.1) is 5.41 Å². The van der Waals surface area contributed by atoms with Crippen molar-refractivity contribution in [2.45, 2.75) is 51.9 Å². The molecule has 0 aromatic rings. The van der Waals surface area contributed by atoms with Gasteiger partial charge in [-0.15, -0.1) is 0 Å². The van der Waals surface area contributed by atoms with E-state index in [2.05, 4.69) is 24.2 Å². The Bertz CT molecular complexity index is 329. The normalized spacial score (nSPS) is 32.0. The lowest BCUT2D eigenvalue weighted by Crippen LogP contribution is -2.48. The zero-order valence-electron chi connectivity index (χ0n) is 13.9. The van der Waals surface area contributed by atoms with Gasteiger partial charge in [-0.1, -0.05) is 6.92 Å². The Morgan fingerprint density at radius 2 is 1.86 bits per heavy atom. The SMILES string of the molecule is CC1CCC(CN)(C(=O)NCCC2CCN(C)CC2)CC1. The summed E-state index contributed by atoms with van der Waals surface area (Å²) in [6, 6.07) is 0. The van der Waals surface area contributed by atoms with Crippen LogP contribution in [0.25, 0.3) is 0 Å². The lowest BCUT2D eigenvalue weighted by Gasteiger charge is -2.37. The molecule has 0 aromatic carbocycles. The van der Waals surface area contributed by atoms with E-state index < -0.39 is 0 Å². The van der Waals surface area contributed by atoms with E-state index in [1.54, 1.807) is 0 Å². The van der Waals surface area contributed by atoms with Crippen molar-refractivity contribution in [3.8, 4) is 0 Å². The highest BCUT2D eigenvalue weighted by Crippen LogP contribution is 2.38. The number of nitrogens with two attached hydrogens (primary N) is 1. The van der Waals surface area contributed by atoms with Crippen molar-refractivity contribution in [3.05, 3.63) is 0 Å². The molecule has 1 heterocycles. The molecule has 2 rings (SSSR count). The first-order chi connectivity index (χ1) is 10.1. The highest BCUT2D eigenvalue weighted by molar-refractivity contribution is 5.83. The standard InChI is InChI=1S/C17H33N3O/c1-14-3-8-17(13-18,9-4-14)16(21)19-10-5-15-6-11-20(2)12-7-15/h14-15H,3-13,18H2,1-2H3,(H,19,21). The maximum Gasteiger partial charge on any atom is 0.227 e. The molecule has 0 aromatic heterocycles. The summed E-state index contributed by atoms with van der Waals surface area (Å²) in [7, 11) is 2.19. The van der Waals surface area contributed by atoms with Crippen LogP contribution in [0.15, 0.2) is 0 Å². The van der Waals surface area contributed by atoms with Crippen molar-refractivity contribution in [1.29, 1.82) is 0 Å². The second kappa shape index (κ2) is 7.59. The van der Waals surface area contributed by atoms with Gasteiger partial charge in [0.2, 0.25) is 5.91 Å². The molecule has 0 radical (unpaired) electrons. The molecule has 4 nitrogen and oxygen atoms in total. The first kappa shape index (κ1) is 16.8. The topological polar surface area (TPSA) is 58.4 Å². The number of carbonyl (C=O) groups excluding carboxylic acids is 1. The Kier molecular flexibility index (Phi) is 6.06. The smallest absolute Gasteiger partial charge is 0.227 e. The van der Waals surface area contributed by atoms with Gasteiger partial charge in [0, 0.05) is 13.1 Å². The fraction of sp³-hybridized carbons (Fsp3) is 0.941. The average Bonchev–Trinajstić information content (AvgIpc) is 2.50. The summed E-state index contributed by atoms with van der Waals surface area (Å²) in [5.74, 6) is 1.74. The molecule has 2 fully saturated rings. The number of likely N-dealkylation sites (tertiary alicyclic amines) is 1. The van der Waals surface area contributed by atoms with E-state index in [0.29, 0.717) is 6.54 Å². The van der Waals surface area contributed by atoms with Crippen molar-refractivity contribution in [2.75, 3.05) is 33.2 Å². The first-order valence-corrected chi connectivity index (χ1v) is 8.72. The number of hydrogen-bond acceptors (Lipinski definition) is 3. The molecule has 122 valence electrons. The fourth-order valence-electron chi connectivity index (χ4n) is 3.77. The number of piperidine rings is 1. The van der Waals surface area contributed by atoms with Gasteiger partial charge in [0.1, 0.15) is 0 Å². The van der Waals surface area contributed by atoms with E-state index in [9.17, 15) is 4.79 Å². The highest BCUT2D eigenvalue weighted by atomic mass is 16.2. The fourth-order valence-corrected chi connectivity index (χ4v) is 3.77. The lowest BCUT2D eigenvalue weighted by molar-refractivity contribution is -0.132. The first-order valence-electron chi connectivity index (χ1n) is 8.72. The molecule has 3 N–H and O–H groups in total. The van der Waals surface area contributed by atoms with Gasteiger partial charge in [0.15, 0.2) is 0 Å². The van der Waals surface area contributed by atoms with Crippen LogP contribution >= 0.6 is 0 Å². The molecule has 1 amide bonds. The van der Waals surface area contributed by atoms with Crippen molar-refractivity contribution >= 4 is 5.91 Å². The Hall–Kier alpha value is -0.610. The van der Waals surface area contributed by atoms with E-state index >= 15 is 0 Å². The van der Waals surface area contributed by atoms with Gasteiger partial charge in [-0.3, -0.25) is 4.79 Å². The maximum absolute atomic E-state index is 12.6. The van der Waals surface area contributed by atoms with Crippen LogP contribution in [0.1, 0.15) is 51.9 Å². The van der Waals surface area contributed by atoms with E-state index in [4.69, 9.17) is 5.73 Å². The largest absolute Gasteiger partial charge is 0.356 e. The average molecular weight is 295 g/mol. The Labute approximate surface area is 129 Å². The van der Waals surface area contributed by atoms with Crippen molar-refractivity contribution in [1.82, 2.24) is 10.2 Å². The third kappa shape index (κ3) is 4.43. The highest BCUT2D eigenvalue weighted by Gasteiger charge is 2.39. The van der Waals surface area contributed by atoms with Gasteiger partial charge in [0.25, 0.3) is 0 Å². The molecule has 21 heavy (non-hydrogen) atoms. The predicted octanol–water partition coefficient (Wildman–Crippen LogP) is 1.99. The van der Waals surface area contributed by atoms with E-state index in [1.165, 1.54) is 25.9 Å². The van der Waals surface area contributed by atoms with Gasteiger partial charge < -0.3 is 16.0 Å². The molecular formula is C17H33N3O. The number of amides is 1. The summed E-state index contributed by atoms with van der Waals surface area (Å²) in [6.45, 7) is 6.00. The number of nitrogens with zero attached hydrogens (tertiary/aromatic N) is 1. The molecule has 0 bridgehead atoms. The van der Waals surface area contributed by atoms with Crippen LogP contribution in [-0.2, 0) is 4.79 Å². The van der Waals surface area contributed by atoms with Gasteiger partial charge in [-0.05, 0) is 76.9 Å². The molecule has 1 aliphatic carbocycles. The minimum atomic E-state index is -0.278. The van der Waals surface area contributed by atoms with Crippen LogP contribution in [0, 0.1) is 17.3 Å². The third-order valence-electron chi connectivity index (χ3n) is 5.78. The predicted molar refractivity (Wildman–Crippen MR) is 87.0 cm³/mol. The van der Waals surface area contributed by atoms with Crippen LogP contribution < -0.4 is 11.1 Å². The monoisotopic (exact) mass is 295 g/mol. The molecule has 4 heteroatoms. The molecule has 2 aliphatic rings. The minimum absolute atomic E-state index is 0.213. The zero-order valence-corrected chi connectivity index (χ0v) is 13.9. The number of hydrogen-bond donors (Lipinski definition) is 2. The van der Waals surface area contributed by atoms with Crippen LogP contribution in [0.4, 0.5) is 0 Å². The molecule has 0 unspecified atom stereocenters.